The highest BCUT2D eigenvalue weighted by atomic mass is 32.2. The minimum absolute atomic E-state index is 0.00332. The van der Waals surface area contributed by atoms with Crippen molar-refractivity contribution in [3.8, 4) is 0 Å². The van der Waals surface area contributed by atoms with Gasteiger partial charge in [-0.3, -0.25) is 4.79 Å². The molecule has 0 aromatic heterocycles. The van der Waals surface area contributed by atoms with Crippen molar-refractivity contribution in [2.45, 2.75) is 70.2 Å². The van der Waals surface area contributed by atoms with Gasteiger partial charge in [0.25, 0.3) is 0 Å². The number of carboxylic acid groups (broad SMARTS) is 1. The second-order valence-corrected chi connectivity index (χ2v) is 7.74. The van der Waals surface area contributed by atoms with Crippen LogP contribution in [0, 0.1) is 11.8 Å². The predicted molar refractivity (Wildman–Crippen MR) is 85.2 cm³/mol. The van der Waals surface area contributed by atoms with Crippen LogP contribution in [0.4, 0.5) is 0 Å². The van der Waals surface area contributed by atoms with E-state index in [9.17, 15) is 14.7 Å². The average Bonchev–Trinajstić information content (AvgIpc) is 2.87. The SMILES string of the molecule is CCCCC1CCC(C(=O)N2C(C)SCC2C(=O)O)CC1. The van der Waals surface area contributed by atoms with E-state index in [0.29, 0.717) is 5.75 Å². The number of unbranched alkanes of at least 4 members (excludes halogenated alkanes) is 1. The Morgan fingerprint density at radius 1 is 1.24 bits per heavy atom. The lowest BCUT2D eigenvalue weighted by atomic mass is 9.79. The van der Waals surface area contributed by atoms with E-state index < -0.39 is 12.0 Å². The Morgan fingerprint density at radius 3 is 2.48 bits per heavy atom. The lowest BCUT2D eigenvalue weighted by molar-refractivity contribution is -0.151. The van der Waals surface area contributed by atoms with Gasteiger partial charge >= 0.3 is 5.97 Å². The standard InChI is InChI=1S/C16H27NO3S/c1-3-4-5-12-6-8-13(9-7-12)15(18)17-11(2)21-10-14(17)16(19)20/h11-14H,3-10H2,1-2H3,(H,19,20). The first-order chi connectivity index (χ1) is 10.0. The normalized spacial score (nSPS) is 33.1. The lowest BCUT2D eigenvalue weighted by Crippen LogP contribution is -2.47. The van der Waals surface area contributed by atoms with E-state index in [0.717, 1.165) is 31.6 Å². The predicted octanol–water partition coefficient (Wildman–Crippen LogP) is 3.36. The monoisotopic (exact) mass is 313 g/mol. The fourth-order valence-electron chi connectivity index (χ4n) is 3.57. The zero-order valence-corrected chi connectivity index (χ0v) is 13.9. The molecule has 120 valence electrons. The fraction of sp³-hybridized carbons (Fsp3) is 0.875. The molecule has 0 spiro atoms. The smallest absolute Gasteiger partial charge is 0.327 e. The van der Waals surface area contributed by atoms with E-state index in [-0.39, 0.29) is 17.2 Å². The Hall–Kier alpha value is -0.710. The van der Waals surface area contributed by atoms with Gasteiger partial charge in [-0.25, -0.2) is 4.79 Å². The number of thioether (sulfide) groups is 1. The molecule has 5 heteroatoms. The molecule has 2 rings (SSSR count). The molecule has 1 N–H and O–H groups in total. The van der Waals surface area contributed by atoms with Crippen LogP contribution in [-0.2, 0) is 9.59 Å². The zero-order valence-electron chi connectivity index (χ0n) is 13.1. The van der Waals surface area contributed by atoms with Gasteiger partial charge in [0, 0.05) is 11.7 Å². The molecule has 1 saturated carbocycles. The lowest BCUT2D eigenvalue weighted by Gasteiger charge is -2.33. The van der Waals surface area contributed by atoms with Crippen LogP contribution in [0.25, 0.3) is 0 Å². The minimum Gasteiger partial charge on any atom is -0.480 e. The van der Waals surface area contributed by atoms with Crippen molar-refractivity contribution in [1.82, 2.24) is 4.90 Å². The molecule has 1 amide bonds. The third-order valence-corrected chi connectivity index (χ3v) is 6.14. The molecular formula is C16H27NO3S. The molecule has 2 aliphatic rings. The van der Waals surface area contributed by atoms with Crippen LogP contribution in [-0.4, -0.2) is 39.1 Å². The van der Waals surface area contributed by atoms with Crippen molar-refractivity contribution in [2.75, 3.05) is 5.75 Å². The minimum atomic E-state index is -0.864. The maximum Gasteiger partial charge on any atom is 0.327 e. The fourth-order valence-corrected chi connectivity index (χ4v) is 4.74. The number of aliphatic carboxylic acids is 1. The molecule has 21 heavy (non-hydrogen) atoms. The van der Waals surface area contributed by atoms with Gasteiger partial charge in [0.05, 0.1) is 5.37 Å². The second-order valence-electron chi connectivity index (χ2n) is 6.39. The Balaban J connectivity index is 1.90. The summed E-state index contributed by atoms with van der Waals surface area (Å²) < 4.78 is 0. The van der Waals surface area contributed by atoms with Crippen LogP contribution in [0.1, 0.15) is 58.8 Å². The molecule has 0 radical (unpaired) electrons. The van der Waals surface area contributed by atoms with E-state index in [1.165, 1.54) is 19.3 Å². The van der Waals surface area contributed by atoms with Gasteiger partial charge in [0.1, 0.15) is 6.04 Å². The van der Waals surface area contributed by atoms with Crippen LogP contribution in [0.15, 0.2) is 0 Å². The van der Waals surface area contributed by atoms with Crippen molar-refractivity contribution in [1.29, 1.82) is 0 Å². The summed E-state index contributed by atoms with van der Waals surface area (Å²) in [5.74, 6) is 0.555. The number of rotatable bonds is 5. The summed E-state index contributed by atoms with van der Waals surface area (Å²) in [6, 6.07) is -0.629. The van der Waals surface area contributed by atoms with E-state index >= 15 is 0 Å². The van der Waals surface area contributed by atoms with Crippen LogP contribution >= 0.6 is 11.8 Å². The number of nitrogens with zero attached hydrogens (tertiary/aromatic N) is 1. The maximum absolute atomic E-state index is 12.7. The highest BCUT2D eigenvalue weighted by Gasteiger charge is 2.42. The van der Waals surface area contributed by atoms with Crippen LogP contribution in [0.5, 0.6) is 0 Å². The summed E-state index contributed by atoms with van der Waals surface area (Å²) in [5.41, 5.74) is 0. The zero-order chi connectivity index (χ0) is 15.4. The molecule has 2 unspecified atom stereocenters. The second kappa shape index (κ2) is 7.52. The van der Waals surface area contributed by atoms with Gasteiger partial charge in [-0.05, 0) is 38.5 Å². The van der Waals surface area contributed by atoms with Gasteiger partial charge in [-0.1, -0.05) is 26.2 Å². The largest absolute Gasteiger partial charge is 0.480 e. The third-order valence-electron chi connectivity index (χ3n) is 4.92. The Bertz CT molecular complexity index is 380. The highest BCUT2D eigenvalue weighted by Crippen LogP contribution is 2.36. The number of hydrogen-bond acceptors (Lipinski definition) is 3. The summed E-state index contributed by atoms with van der Waals surface area (Å²) in [7, 11) is 0. The molecule has 2 fully saturated rings. The number of carboxylic acids is 1. The number of carbonyl (C=O) groups is 2. The van der Waals surface area contributed by atoms with Crippen molar-refractivity contribution in [3.63, 3.8) is 0 Å². The van der Waals surface area contributed by atoms with Crippen molar-refractivity contribution in [2.24, 2.45) is 11.8 Å². The van der Waals surface area contributed by atoms with E-state index in [4.69, 9.17) is 0 Å². The topological polar surface area (TPSA) is 57.6 Å². The Kier molecular flexibility index (Phi) is 5.97. The average molecular weight is 313 g/mol. The van der Waals surface area contributed by atoms with Gasteiger partial charge in [0.2, 0.25) is 5.91 Å². The number of hydrogen-bond donors (Lipinski definition) is 1. The van der Waals surface area contributed by atoms with Gasteiger partial charge in [-0.2, -0.15) is 0 Å². The first kappa shape index (κ1) is 16.7. The summed E-state index contributed by atoms with van der Waals surface area (Å²) in [6.45, 7) is 4.16. The molecule has 1 saturated heterocycles. The van der Waals surface area contributed by atoms with Crippen LogP contribution < -0.4 is 0 Å². The molecule has 2 atom stereocenters. The van der Waals surface area contributed by atoms with Crippen LogP contribution in [0.2, 0.25) is 0 Å². The number of carbonyl (C=O) groups excluding carboxylic acids is 1. The summed E-state index contributed by atoms with van der Waals surface area (Å²) >= 11 is 1.57. The van der Waals surface area contributed by atoms with E-state index in [1.54, 1.807) is 16.7 Å². The summed E-state index contributed by atoms with van der Waals surface area (Å²) in [6.07, 6.45) is 7.94. The third kappa shape index (κ3) is 3.93. The maximum atomic E-state index is 12.7. The van der Waals surface area contributed by atoms with E-state index in [1.807, 2.05) is 6.92 Å². The van der Waals surface area contributed by atoms with Gasteiger partial charge in [-0.15, -0.1) is 11.8 Å². The molecule has 0 bridgehead atoms. The molecule has 4 nitrogen and oxygen atoms in total. The molecule has 1 aliphatic heterocycles. The van der Waals surface area contributed by atoms with Crippen molar-refractivity contribution >= 4 is 23.6 Å². The quantitative estimate of drug-likeness (QED) is 0.845. The highest BCUT2D eigenvalue weighted by molar-refractivity contribution is 8.00. The first-order valence-electron chi connectivity index (χ1n) is 8.21. The molecule has 0 aromatic carbocycles. The number of amides is 1. The Labute approximate surface area is 131 Å². The molecule has 1 aliphatic carbocycles. The van der Waals surface area contributed by atoms with E-state index in [2.05, 4.69) is 6.92 Å². The Morgan fingerprint density at radius 2 is 1.90 bits per heavy atom. The van der Waals surface area contributed by atoms with Crippen molar-refractivity contribution in [3.05, 3.63) is 0 Å². The molecule has 1 heterocycles. The first-order valence-corrected chi connectivity index (χ1v) is 9.26. The van der Waals surface area contributed by atoms with Crippen LogP contribution in [0.3, 0.4) is 0 Å². The summed E-state index contributed by atoms with van der Waals surface area (Å²) in [5, 5.41) is 9.28. The molecular weight excluding hydrogens is 286 g/mol. The summed E-state index contributed by atoms with van der Waals surface area (Å²) in [4.78, 5) is 25.6. The van der Waals surface area contributed by atoms with Crippen molar-refractivity contribution < 1.29 is 14.7 Å². The molecule has 0 aromatic rings. The van der Waals surface area contributed by atoms with Gasteiger partial charge in [0.15, 0.2) is 0 Å². The van der Waals surface area contributed by atoms with Gasteiger partial charge < -0.3 is 10.0 Å².